The molecule has 0 radical (unpaired) electrons. The van der Waals surface area contributed by atoms with Gasteiger partial charge in [-0.15, -0.1) is 0 Å². The van der Waals surface area contributed by atoms with Gasteiger partial charge in [0.15, 0.2) is 0 Å². The van der Waals surface area contributed by atoms with Crippen LogP contribution in [0.3, 0.4) is 0 Å². The minimum absolute atomic E-state index is 0.0834. The summed E-state index contributed by atoms with van der Waals surface area (Å²) in [4.78, 5) is 20.1. The fourth-order valence-corrected chi connectivity index (χ4v) is 3.67. The first-order valence-electron chi connectivity index (χ1n) is 9.42. The van der Waals surface area contributed by atoms with Crippen LogP contribution in [-0.2, 0) is 13.1 Å². The van der Waals surface area contributed by atoms with Crippen molar-refractivity contribution in [1.82, 2.24) is 23.6 Å². The molecule has 0 bridgehead atoms. The average Bonchev–Trinajstić information content (AvgIpc) is 3.15. The van der Waals surface area contributed by atoms with E-state index < -0.39 is 0 Å². The van der Waals surface area contributed by atoms with Gasteiger partial charge in [-0.25, -0.2) is 9.78 Å². The monoisotopic (exact) mass is 375 g/mol. The highest BCUT2D eigenvalue weighted by molar-refractivity contribution is 5.80. The topological polar surface area (TPSA) is 48.0 Å². The number of para-hydroxylation sites is 4. The van der Waals surface area contributed by atoms with E-state index >= 15 is 0 Å². The SMILES string of the molecule is C=C(C)n1c(=O)n(Cc2nc3ccccc3n2CCN(C)C)c2ccccc21. The Labute approximate surface area is 163 Å². The Morgan fingerprint density at radius 1 is 1.00 bits per heavy atom. The first-order chi connectivity index (χ1) is 13.5. The second-order valence-corrected chi connectivity index (χ2v) is 7.40. The fourth-order valence-electron chi connectivity index (χ4n) is 3.67. The Bertz CT molecular complexity index is 1220. The number of fused-ring (bicyclic) bond motifs is 2. The second kappa shape index (κ2) is 7.13. The van der Waals surface area contributed by atoms with Crippen molar-refractivity contribution in [2.24, 2.45) is 0 Å². The normalized spacial score (nSPS) is 11.7. The van der Waals surface area contributed by atoms with E-state index in [9.17, 15) is 4.79 Å². The van der Waals surface area contributed by atoms with Gasteiger partial charge in [0.25, 0.3) is 0 Å². The van der Waals surface area contributed by atoms with E-state index in [0.717, 1.165) is 41.0 Å². The van der Waals surface area contributed by atoms with Gasteiger partial charge in [-0.3, -0.25) is 9.13 Å². The van der Waals surface area contributed by atoms with Crippen LogP contribution in [0.4, 0.5) is 0 Å². The van der Waals surface area contributed by atoms with Gasteiger partial charge in [0.1, 0.15) is 5.82 Å². The van der Waals surface area contributed by atoms with Crippen LogP contribution in [0.2, 0.25) is 0 Å². The molecule has 0 atom stereocenters. The van der Waals surface area contributed by atoms with E-state index in [1.165, 1.54) is 0 Å². The largest absolute Gasteiger partial charge is 0.333 e. The molecule has 2 aromatic heterocycles. The number of imidazole rings is 2. The summed E-state index contributed by atoms with van der Waals surface area (Å²) >= 11 is 0. The van der Waals surface area contributed by atoms with Gasteiger partial charge in [-0.05, 0) is 45.3 Å². The minimum Gasteiger partial charge on any atom is -0.325 e. The summed E-state index contributed by atoms with van der Waals surface area (Å²) in [6.07, 6.45) is 0. The lowest BCUT2D eigenvalue weighted by atomic mass is 10.3. The molecule has 0 unspecified atom stereocenters. The summed E-state index contributed by atoms with van der Waals surface area (Å²) in [7, 11) is 4.12. The molecular formula is C22H25N5O. The van der Waals surface area contributed by atoms with Gasteiger partial charge in [-0.1, -0.05) is 30.8 Å². The molecule has 0 saturated heterocycles. The predicted octanol–water partition coefficient (Wildman–Crippen LogP) is 3.25. The summed E-state index contributed by atoms with van der Waals surface area (Å²) in [6.45, 7) is 7.97. The second-order valence-electron chi connectivity index (χ2n) is 7.40. The number of hydrogen-bond donors (Lipinski definition) is 0. The van der Waals surface area contributed by atoms with E-state index in [1.54, 1.807) is 9.13 Å². The summed E-state index contributed by atoms with van der Waals surface area (Å²) in [5, 5.41) is 0. The summed E-state index contributed by atoms with van der Waals surface area (Å²) in [5.41, 5.74) is 4.43. The van der Waals surface area contributed by atoms with Crippen molar-refractivity contribution in [3.63, 3.8) is 0 Å². The molecule has 0 spiro atoms. The van der Waals surface area contributed by atoms with Gasteiger partial charge < -0.3 is 9.47 Å². The maximum atomic E-state index is 13.1. The smallest absolute Gasteiger partial charge is 0.325 e. The van der Waals surface area contributed by atoms with Gasteiger partial charge in [0, 0.05) is 18.8 Å². The van der Waals surface area contributed by atoms with Crippen LogP contribution in [0.25, 0.3) is 27.8 Å². The van der Waals surface area contributed by atoms with Gasteiger partial charge >= 0.3 is 5.69 Å². The van der Waals surface area contributed by atoms with Crippen LogP contribution < -0.4 is 5.69 Å². The van der Waals surface area contributed by atoms with Crippen molar-refractivity contribution < 1.29 is 0 Å². The Morgan fingerprint density at radius 2 is 1.64 bits per heavy atom. The maximum absolute atomic E-state index is 13.1. The van der Waals surface area contributed by atoms with E-state index in [4.69, 9.17) is 4.98 Å². The Kier molecular flexibility index (Phi) is 4.65. The molecule has 0 aliphatic carbocycles. The number of benzene rings is 2. The van der Waals surface area contributed by atoms with Crippen molar-refractivity contribution >= 4 is 27.8 Å². The molecule has 0 aliphatic heterocycles. The number of allylic oxidation sites excluding steroid dienone is 1. The lowest BCUT2D eigenvalue weighted by molar-refractivity contribution is 0.382. The van der Waals surface area contributed by atoms with Crippen molar-refractivity contribution in [3.8, 4) is 0 Å². The maximum Gasteiger partial charge on any atom is 0.333 e. The van der Waals surface area contributed by atoms with Crippen LogP contribution >= 0.6 is 0 Å². The average molecular weight is 375 g/mol. The molecule has 2 aromatic carbocycles. The molecule has 4 aromatic rings. The molecule has 28 heavy (non-hydrogen) atoms. The van der Waals surface area contributed by atoms with Crippen LogP contribution in [0, 0.1) is 0 Å². The van der Waals surface area contributed by atoms with Gasteiger partial charge in [-0.2, -0.15) is 0 Å². The van der Waals surface area contributed by atoms with Crippen molar-refractivity contribution in [2.75, 3.05) is 20.6 Å². The molecule has 6 heteroatoms. The number of hydrogen-bond acceptors (Lipinski definition) is 3. The number of rotatable bonds is 6. The molecule has 0 fully saturated rings. The minimum atomic E-state index is -0.0834. The highest BCUT2D eigenvalue weighted by atomic mass is 16.1. The van der Waals surface area contributed by atoms with Crippen molar-refractivity contribution in [1.29, 1.82) is 0 Å². The third kappa shape index (κ3) is 3.05. The zero-order valence-corrected chi connectivity index (χ0v) is 16.6. The predicted molar refractivity (Wildman–Crippen MR) is 115 cm³/mol. The number of aromatic nitrogens is 4. The molecule has 6 nitrogen and oxygen atoms in total. The summed E-state index contributed by atoms with van der Waals surface area (Å²) in [6, 6.07) is 16.0. The first kappa shape index (κ1) is 18.3. The van der Waals surface area contributed by atoms with Crippen LogP contribution in [0.15, 0.2) is 59.9 Å². The van der Waals surface area contributed by atoms with E-state index in [0.29, 0.717) is 12.2 Å². The first-order valence-corrected chi connectivity index (χ1v) is 9.42. The molecule has 2 heterocycles. The lowest BCUT2D eigenvalue weighted by Gasteiger charge is -2.13. The molecule has 0 aliphatic rings. The Balaban J connectivity index is 1.87. The van der Waals surface area contributed by atoms with Crippen molar-refractivity contribution in [3.05, 3.63) is 71.4 Å². The van der Waals surface area contributed by atoms with Crippen LogP contribution in [-0.4, -0.2) is 44.2 Å². The zero-order valence-electron chi connectivity index (χ0n) is 16.6. The Hall–Kier alpha value is -3.12. The molecule has 0 N–H and O–H groups in total. The fraction of sp³-hybridized carbons (Fsp3) is 0.273. The molecule has 4 rings (SSSR count). The van der Waals surface area contributed by atoms with Crippen LogP contribution in [0.5, 0.6) is 0 Å². The zero-order chi connectivity index (χ0) is 19.8. The highest BCUT2D eigenvalue weighted by Crippen LogP contribution is 2.20. The van der Waals surface area contributed by atoms with E-state index in [2.05, 4.69) is 36.2 Å². The summed E-state index contributed by atoms with van der Waals surface area (Å²) < 4.78 is 5.67. The third-order valence-electron chi connectivity index (χ3n) is 5.02. The molecule has 0 amide bonds. The number of likely N-dealkylation sites (N-methyl/N-ethyl adjacent to an activating group) is 1. The quantitative estimate of drug-likeness (QED) is 0.520. The van der Waals surface area contributed by atoms with Crippen molar-refractivity contribution in [2.45, 2.75) is 20.0 Å². The third-order valence-corrected chi connectivity index (χ3v) is 5.02. The summed E-state index contributed by atoms with van der Waals surface area (Å²) in [5.74, 6) is 0.884. The standard InChI is InChI=1S/C22H25N5O/c1-16(2)27-20-12-8-7-11-19(20)26(22(27)28)15-21-23-17-9-5-6-10-18(17)25(21)14-13-24(3)4/h5-12H,1,13-15H2,2-4H3. The Morgan fingerprint density at radius 3 is 2.32 bits per heavy atom. The number of nitrogens with zero attached hydrogens (tertiary/aromatic N) is 5. The molecular weight excluding hydrogens is 350 g/mol. The molecule has 0 saturated carbocycles. The van der Waals surface area contributed by atoms with E-state index in [-0.39, 0.29) is 5.69 Å². The van der Waals surface area contributed by atoms with Gasteiger partial charge in [0.05, 0.1) is 28.6 Å². The highest BCUT2D eigenvalue weighted by Gasteiger charge is 2.17. The lowest BCUT2D eigenvalue weighted by Crippen LogP contribution is -2.26. The molecule has 144 valence electrons. The van der Waals surface area contributed by atoms with Gasteiger partial charge in [0.2, 0.25) is 0 Å². The van der Waals surface area contributed by atoms with E-state index in [1.807, 2.05) is 49.4 Å². The van der Waals surface area contributed by atoms with Crippen LogP contribution in [0.1, 0.15) is 12.7 Å².